The highest BCUT2D eigenvalue weighted by Crippen LogP contribution is 2.20. The minimum Gasteiger partial charge on any atom is -0.494 e. The molecule has 0 N–H and O–H groups in total. The molecule has 0 heterocycles. The van der Waals surface area contributed by atoms with Gasteiger partial charge >= 0.3 is 0 Å². The molecule has 0 aliphatic carbocycles. The van der Waals surface area contributed by atoms with Crippen LogP contribution in [0.15, 0.2) is 58.3 Å². The van der Waals surface area contributed by atoms with Gasteiger partial charge in [-0.15, -0.1) is 0 Å². The van der Waals surface area contributed by atoms with Gasteiger partial charge in [0.2, 0.25) is 0 Å². The fraction of sp³-hybridized carbons (Fsp3) is 0.333. The van der Waals surface area contributed by atoms with E-state index in [1.807, 2.05) is 0 Å². The van der Waals surface area contributed by atoms with Crippen molar-refractivity contribution in [1.29, 1.82) is 0 Å². The van der Waals surface area contributed by atoms with Crippen molar-refractivity contribution in [1.82, 2.24) is 0 Å². The average molecular weight is 467 g/mol. The minimum absolute atomic E-state index is 0.0421. The van der Waals surface area contributed by atoms with Crippen molar-refractivity contribution in [2.24, 2.45) is 0 Å². The zero-order valence-corrected chi connectivity index (χ0v) is 18.0. The number of halogens is 2. The summed E-state index contributed by atoms with van der Waals surface area (Å²) in [7, 11) is 3.08. The second-order valence-electron chi connectivity index (χ2n) is 5.93. The Labute approximate surface area is 174 Å². The maximum atomic E-state index is 11.2. The third kappa shape index (κ3) is 7.87. The van der Waals surface area contributed by atoms with Crippen molar-refractivity contribution in [2.45, 2.75) is 35.5 Å². The monoisotopic (exact) mass is 466 g/mol. The van der Waals surface area contributed by atoms with E-state index in [1.54, 1.807) is 24.3 Å². The van der Waals surface area contributed by atoms with E-state index in [4.69, 9.17) is 30.8 Å². The Kier molecular flexibility index (Phi) is 8.42. The molecule has 0 saturated heterocycles. The maximum absolute atomic E-state index is 11.2. The molecule has 6 nitrogen and oxygen atoms in total. The third-order valence-corrected chi connectivity index (χ3v) is 6.53. The molecule has 0 fully saturated rings. The number of rotatable bonds is 11. The quantitative estimate of drug-likeness (QED) is 0.356. The molecule has 2 aromatic carbocycles. The molecule has 0 aliphatic heterocycles. The summed E-state index contributed by atoms with van der Waals surface area (Å²) in [5.41, 5.74) is 0. The van der Waals surface area contributed by atoms with Crippen LogP contribution in [0.2, 0.25) is 0 Å². The zero-order valence-electron chi connectivity index (χ0n) is 14.9. The summed E-state index contributed by atoms with van der Waals surface area (Å²) >= 11 is 0. The number of hydrogen-bond donors (Lipinski definition) is 0. The topological polar surface area (TPSA) is 86.7 Å². The van der Waals surface area contributed by atoms with Crippen molar-refractivity contribution in [2.75, 3.05) is 13.2 Å². The van der Waals surface area contributed by atoms with Crippen LogP contribution in [0, 0.1) is 0 Å². The van der Waals surface area contributed by atoms with Crippen LogP contribution in [0.25, 0.3) is 0 Å². The molecule has 0 aliphatic rings. The fourth-order valence-corrected chi connectivity index (χ4v) is 3.87. The smallest absolute Gasteiger partial charge is 0.261 e. The van der Waals surface area contributed by atoms with E-state index in [2.05, 4.69) is 0 Å². The highest BCUT2D eigenvalue weighted by atomic mass is 35.7. The molecule has 2 aromatic rings. The number of ether oxygens (including phenoxy) is 2. The van der Waals surface area contributed by atoms with Gasteiger partial charge < -0.3 is 9.47 Å². The van der Waals surface area contributed by atoms with Crippen LogP contribution in [0.3, 0.4) is 0 Å². The van der Waals surface area contributed by atoms with Gasteiger partial charge in [-0.2, -0.15) is 0 Å². The predicted octanol–water partition coefficient (Wildman–Crippen LogP) is 4.56. The Hall–Kier alpha value is -1.48. The maximum Gasteiger partial charge on any atom is 0.261 e. The Morgan fingerprint density at radius 2 is 0.893 bits per heavy atom. The first kappa shape index (κ1) is 22.8. The lowest BCUT2D eigenvalue weighted by molar-refractivity contribution is 0.287. The summed E-state index contributed by atoms with van der Waals surface area (Å²) < 4.78 is 55.8. The van der Waals surface area contributed by atoms with Crippen molar-refractivity contribution in [3.63, 3.8) is 0 Å². The number of benzene rings is 2. The molecule has 28 heavy (non-hydrogen) atoms. The van der Waals surface area contributed by atoms with Crippen molar-refractivity contribution < 1.29 is 26.3 Å². The lowest BCUT2D eigenvalue weighted by Gasteiger charge is -2.08. The third-order valence-electron chi connectivity index (χ3n) is 3.79. The highest BCUT2D eigenvalue weighted by molar-refractivity contribution is 8.14. The molecule has 154 valence electrons. The number of hydrogen-bond acceptors (Lipinski definition) is 6. The van der Waals surface area contributed by atoms with Gasteiger partial charge in [0.05, 0.1) is 23.0 Å². The Bertz CT molecular complexity index is 875. The molecule has 0 saturated carbocycles. The lowest BCUT2D eigenvalue weighted by atomic mass is 10.2. The largest absolute Gasteiger partial charge is 0.494 e. The summed E-state index contributed by atoms with van der Waals surface area (Å²) in [4.78, 5) is 0.0841. The van der Waals surface area contributed by atoms with Gasteiger partial charge in [-0.3, -0.25) is 0 Å². The van der Waals surface area contributed by atoms with Crippen molar-refractivity contribution in [3.05, 3.63) is 48.5 Å². The van der Waals surface area contributed by atoms with Gasteiger partial charge in [-0.25, -0.2) is 16.8 Å². The second kappa shape index (κ2) is 10.3. The van der Waals surface area contributed by atoms with E-state index in [0.29, 0.717) is 24.7 Å². The van der Waals surface area contributed by atoms with Crippen molar-refractivity contribution in [3.8, 4) is 11.5 Å². The van der Waals surface area contributed by atoms with Crippen LogP contribution in [0.5, 0.6) is 11.5 Å². The van der Waals surface area contributed by atoms with Gasteiger partial charge in [0.15, 0.2) is 0 Å². The summed E-state index contributed by atoms with van der Waals surface area (Å²) in [6, 6.07) is 11.9. The van der Waals surface area contributed by atoms with Gasteiger partial charge in [0.25, 0.3) is 18.1 Å². The molecule has 0 aromatic heterocycles. The van der Waals surface area contributed by atoms with Crippen LogP contribution >= 0.6 is 21.4 Å². The molecule has 0 bridgehead atoms. The summed E-state index contributed by atoms with van der Waals surface area (Å²) in [5.74, 6) is 1.18. The minimum atomic E-state index is -3.71. The summed E-state index contributed by atoms with van der Waals surface area (Å²) in [6.07, 6.45) is 3.64. The molecule has 0 unspecified atom stereocenters. The van der Waals surface area contributed by atoms with E-state index in [1.165, 1.54) is 24.3 Å². The Balaban J connectivity index is 1.57. The van der Waals surface area contributed by atoms with Gasteiger partial charge in [-0.05, 0) is 74.2 Å². The Morgan fingerprint density at radius 3 is 1.18 bits per heavy atom. The van der Waals surface area contributed by atoms with E-state index in [-0.39, 0.29) is 9.79 Å². The predicted molar refractivity (Wildman–Crippen MR) is 108 cm³/mol. The number of unbranched alkanes of at least 4 members (excludes halogenated alkanes) is 3. The van der Waals surface area contributed by atoms with Crippen LogP contribution in [-0.4, -0.2) is 30.0 Å². The highest BCUT2D eigenvalue weighted by Gasteiger charge is 2.10. The molecule has 0 atom stereocenters. The second-order valence-corrected chi connectivity index (χ2v) is 11.1. The molecular weight excluding hydrogens is 447 g/mol. The van der Waals surface area contributed by atoms with Crippen LogP contribution in [0.1, 0.15) is 25.7 Å². The van der Waals surface area contributed by atoms with E-state index in [0.717, 1.165) is 25.7 Å². The van der Waals surface area contributed by atoms with Gasteiger partial charge in [0, 0.05) is 21.4 Å². The standard InChI is InChI=1S/C18H20Cl2O6S2/c19-27(21,22)17-9-5-15(6-10-17)25-13-3-1-2-4-14-26-16-7-11-18(12-8-16)28(20,23)24/h5-12H,1-4,13-14H2. The van der Waals surface area contributed by atoms with Crippen LogP contribution in [0.4, 0.5) is 0 Å². The lowest BCUT2D eigenvalue weighted by Crippen LogP contribution is -2.00. The van der Waals surface area contributed by atoms with Gasteiger partial charge in [0.1, 0.15) is 11.5 Å². The average Bonchev–Trinajstić information content (AvgIpc) is 2.63. The van der Waals surface area contributed by atoms with Crippen LogP contribution < -0.4 is 9.47 Å². The van der Waals surface area contributed by atoms with Crippen molar-refractivity contribution >= 4 is 39.5 Å². The normalized spacial score (nSPS) is 11.9. The molecule has 10 heteroatoms. The van der Waals surface area contributed by atoms with E-state index < -0.39 is 18.1 Å². The molecule has 0 spiro atoms. The first-order valence-corrected chi connectivity index (χ1v) is 13.1. The van der Waals surface area contributed by atoms with E-state index >= 15 is 0 Å². The zero-order chi connectivity index (χ0) is 20.6. The summed E-state index contributed by atoms with van der Waals surface area (Å²) in [6.45, 7) is 1.06. The van der Waals surface area contributed by atoms with E-state index in [9.17, 15) is 16.8 Å². The first-order chi connectivity index (χ1) is 13.2. The molecule has 2 rings (SSSR count). The molecule has 0 amide bonds. The molecular formula is C18H20Cl2O6S2. The Morgan fingerprint density at radius 1 is 0.571 bits per heavy atom. The SMILES string of the molecule is O=S(=O)(Cl)c1ccc(OCCCCCCOc2ccc(S(=O)(=O)Cl)cc2)cc1. The summed E-state index contributed by atoms with van der Waals surface area (Å²) in [5, 5.41) is 0. The van der Waals surface area contributed by atoms with Gasteiger partial charge in [-0.1, -0.05) is 0 Å². The molecule has 0 radical (unpaired) electrons. The first-order valence-electron chi connectivity index (χ1n) is 8.51. The van der Waals surface area contributed by atoms with Crippen LogP contribution in [-0.2, 0) is 18.1 Å². The fourth-order valence-electron chi connectivity index (χ4n) is 2.33.